The lowest BCUT2D eigenvalue weighted by molar-refractivity contribution is -0.137. The maximum atomic E-state index is 13.1. The van der Waals surface area contributed by atoms with Gasteiger partial charge in [-0.1, -0.05) is 29.8 Å². The Hall–Kier alpha value is -3.36. The van der Waals surface area contributed by atoms with E-state index in [2.05, 4.69) is 5.32 Å². The predicted octanol–water partition coefficient (Wildman–Crippen LogP) is 3.37. The number of hydrogen-bond donors (Lipinski definition) is 1. The summed E-state index contributed by atoms with van der Waals surface area (Å²) in [4.78, 5) is 14.2. The maximum absolute atomic E-state index is 13.1. The SMILES string of the molecule is Cc1ccc(S(=O)(=O)N2CCN(/C=C(/C#N)C(=O)Nc3ccccc3C(F)(F)F)CC2)cc1. The lowest BCUT2D eigenvalue weighted by atomic mass is 10.1. The molecule has 1 aliphatic rings. The van der Waals surface area contributed by atoms with Gasteiger partial charge in [-0.3, -0.25) is 4.79 Å². The van der Waals surface area contributed by atoms with Crippen LogP contribution in [0.15, 0.2) is 65.2 Å². The molecule has 1 aliphatic heterocycles. The highest BCUT2D eigenvalue weighted by Gasteiger charge is 2.34. The average molecular weight is 478 g/mol. The highest BCUT2D eigenvalue weighted by atomic mass is 32.2. The Morgan fingerprint density at radius 3 is 2.24 bits per heavy atom. The first-order chi connectivity index (χ1) is 15.5. The number of piperazine rings is 1. The van der Waals surface area contributed by atoms with Gasteiger partial charge >= 0.3 is 6.18 Å². The number of aryl methyl sites for hydroxylation is 1. The first kappa shape index (κ1) is 24.3. The average Bonchev–Trinajstić information content (AvgIpc) is 2.77. The fourth-order valence-electron chi connectivity index (χ4n) is 3.28. The first-order valence-electron chi connectivity index (χ1n) is 9.93. The van der Waals surface area contributed by atoms with Gasteiger partial charge < -0.3 is 10.2 Å². The van der Waals surface area contributed by atoms with Crippen molar-refractivity contribution in [2.75, 3.05) is 31.5 Å². The number of halogens is 3. The summed E-state index contributed by atoms with van der Waals surface area (Å²) in [6, 6.07) is 12.7. The molecule has 1 N–H and O–H groups in total. The number of nitrogens with one attached hydrogen (secondary N) is 1. The largest absolute Gasteiger partial charge is 0.418 e. The molecule has 0 saturated carbocycles. The first-order valence-corrected chi connectivity index (χ1v) is 11.4. The zero-order chi connectivity index (χ0) is 24.2. The number of nitriles is 1. The second-order valence-corrected chi connectivity index (χ2v) is 9.34. The van der Waals surface area contributed by atoms with Crippen LogP contribution in [0.3, 0.4) is 0 Å². The number of carbonyl (C=O) groups excluding carboxylic acids is 1. The fraction of sp³-hybridized carbons (Fsp3) is 0.273. The van der Waals surface area contributed by atoms with Gasteiger partial charge in [-0.2, -0.15) is 22.7 Å². The van der Waals surface area contributed by atoms with Crippen molar-refractivity contribution in [1.29, 1.82) is 5.26 Å². The third-order valence-electron chi connectivity index (χ3n) is 5.09. The van der Waals surface area contributed by atoms with Gasteiger partial charge in [-0.05, 0) is 31.2 Å². The van der Waals surface area contributed by atoms with Gasteiger partial charge in [0.25, 0.3) is 5.91 Å². The van der Waals surface area contributed by atoms with Crippen molar-refractivity contribution in [2.24, 2.45) is 0 Å². The smallest absolute Gasteiger partial charge is 0.373 e. The minimum absolute atomic E-state index is 0.129. The van der Waals surface area contributed by atoms with Crippen LogP contribution >= 0.6 is 0 Å². The van der Waals surface area contributed by atoms with Gasteiger partial charge in [0.1, 0.15) is 11.6 Å². The standard InChI is InChI=1S/C22H21F3N4O3S/c1-16-6-8-18(9-7-16)33(31,32)29-12-10-28(11-13-29)15-17(14-26)21(30)27-20-5-3-2-4-19(20)22(23,24)25/h2-9,15H,10-13H2,1H3,(H,27,30)/b17-15-. The molecule has 0 bridgehead atoms. The normalized spacial score (nSPS) is 15.7. The van der Waals surface area contributed by atoms with Gasteiger partial charge in [0.15, 0.2) is 0 Å². The number of amides is 1. The van der Waals surface area contributed by atoms with Gasteiger partial charge in [-0.25, -0.2) is 8.42 Å². The van der Waals surface area contributed by atoms with Gasteiger partial charge in [-0.15, -0.1) is 0 Å². The quantitative estimate of drug-likeness (QED) is 0.526. The molecule has 0 aromatic heterocycles. The van der Waals surface area contributed by atoms with E-state index in [4.69, 9.17) is 0 Å². The van der Waals surface area contributed by atoms with E-state index in [1.165, 1.54) is 34.8 Å². The van der Waals surface area contributed by atoms with E-state index in [0.29, 0.717) is 0 Å². The summed E-state index contributed by atoms with van der Waals surface area (Å²) in [7, 11) is -3.68. The van der Waals surface area contributed by atoms with Crippen LogP contribution in [-0.4, -0.2) is 49.7 Å². The zero-order valence-corrected chi connectivity index (χ0v) is 18.4. The molecule has 0 radical (unpaired) electrons. The molecule has 1 fully saturated rings. The van der Waals surface area contributed by atoms with Crippen LogP contribution in [-0.2, 0) is 21.0 Å². The van der Waals surface area contributed by atoms with E-state index in [9.17, 15) is 31.6 Å². The summed E-state index contributed by atoms with van der Waals surface area (Å²) in [6.45, 7) is 2.53. The maximum Gasteiger partial charge on any atom is 0.418 e. The van der Waals surface area contributed by atoms with E-state index < -0.39 is 33.4 Å². The molecule has 0 atom stereocenters. The molecule has 11 heteroatoms. The number of hydrogen-bond acceptors (Lipinski definition) is 5. The molecule has 0 unspecified atom stereocenters. The van der Waals surface area contributed by atoms with Crippen molar-refractivity contribution >= 4 is 21.6 Å². The Balaban J connectivity index is 1.68. The minimum Gasteiger partial charge on any atom is -0.373 e. The van der Waals surface area contributed by atoms with Crippen LogP contribution in [0, 0.1) is 18.3 Å². The molecule has 2 aromatic carbocycles. The molecule has 1 heterocycles. The van der Waals surface area contributed by atoms with Crippen LogP contribution in [0.25, 0.3) is 0 Å². The van der Waals surface area contributed by atoms with E-state index >= 15 is 0 Å². The molecule has 1 saturated heterocycles. The number of alkyl halides is 3. The lowest BCUT2D eigenvalue weighted by Crippen LogP contribution is -2.46. The number of anilines is 1. The molecule has 0 aliphatic carbocycles. The number of benzene rings is 2. The third-order valence-corrected chi connectivity index (χ3v) is 7.00. The molecular formula is C22H21F3N4O3S. The molecule has 7 nitrogen and oxygen atoms in total. The summed E-state index contributed by atoms with van der Waals surface area (Å²) in [5.74, 6) is -0.982. The number of carbonyl (C=O) groups is 1. The van der Waals surface area contributed by atoms with Crippen LogP contribution < -0.4 is 5.32 Å². The van der Waals surface area contributed by atoms with E-state index in [1.54, 1.807) is 23.1 Å². The van der Waals surface area contributed by atoms with Crippen LogP contribution in [0.4, 0.5) is 18.9 Å². The minimum atomic E-state index is -4.67. The lowest BCUT2D eigenvalue weighted by Gasteiger charge is -2.33. The van der Waals surface area contributed by atoms with Crippen molar-refractivity contribution in [2.45, 2.75) is 18.0 Å². The van der Waals surface area contributed by atoms with E-state index in [-0.39, 0.29) is 36.6 Å². The Bertz CT molecular complexity index is 1190. The highest BCUT2D eigenvalue weighted by molar-refractivity contribution is 7.89. The molecule has 3 rings (SSSR count). The van der Waals surface area contributed by atoms with Crippen molar-refractivity contribution in [1.82, 2.24) is 9.21 Å². The molecule has 174 valence electrons. The van der Waals surface area contributed by atoms with Crippen molar-refractivity contribution in [3.05, 3.63) is 71.4 Å². The summed E-state index contributed by atoms with van der Waals surface area (Å²) in [6.07, 6.45) is -3.43. The third kappa shape index (κ3) is 5.71. The van der Waals surface area contributed by atoms with Gasteiger partial charge in [0.05, 0.1) is 16.1 Å². The number of rotatable bonds is 5. The molecule has 0 spiro atoms. The molecule has 2 aromatic rings. The summed E-state index contributed by atoms with van der Waals surface area (Å²) < 4.78 is 66.3. The summed E-state index contributed by atoms with van der Waals surface area (Å²) in [5.41, 5.74) is -0.929. The number of sulfonamides is 1. The predicted molar refractivity (Wildman–Crippen MR) is 115 cm³/mol. The Morgan fingerprint density at radius 2 is 1.67 bits per heavy atom. The highest BCUT2D eigenvalue weighted by Crippen LogP contribution is 2.34. The van der Waals surface area contributed by atoms with Gasteiger partial charge in [0, 0.05) is 32.4 Å². The van der Waals surface area contributed by atoms with Crippen LogP contribution in [0.2, 0.25) is 0 Å². The van der Waals surface area contributed by atoms with Crippen molar-refractivity contribution in [3.8, 4) is 6.07 Å². The number of nitrogens with zero attached hydrogens (tertiary/aromatic N) is 3. The van der Waals surface area contributed by atoms with Gasteiger partial charge in [0.2, 0.25) is 10.0 Å². The van der Waals surface area contributed by atoms with Crippen LogP contribution in [0.5, 0.6) is 0 Å². The summed E-state index contributed by atoms with van der Waals surface area (Å²) in [5, 5.41) is 11.5. The fourth-order valence-corrected chi connectivity index (χ4v) is 4.70. The monoisotopic (exact) mass is 478 g/mol. The molecule has 33 heavy (non-hydrogen) atoms. The summed E-state index contributed by atoms with van der Waals surface area (Å²) >= 11 is 0. The molecular weight excluding hydrogens is 457 g/mol. The number of para-hydroxylation sites is 1. The Morgan fingerprint density at radius 1 is 1.06 bits per heavy atom. The Labute approximate surface area is 189 Å². The zero-order valence-electron chi connectivity index (χ0n) is 17.6. The van der Waals surface area contributed by atoms with E-state index in [0.717, 1.165) is 17.7 Å². The van der Waals surface area contributed by atoms with E-state index in [1.807, 2.05) is 6.92 Å². The topological polar surface area (TPSA) is 93.5 Å². The molecule has 1 amide bonds. The van der Waals surface area contributed by atoms with Crippen molar-refractivity contribution < 1.29 is 26.4 Å². The van der Waals surface area contributed by atoms with Crippen LogP contribution in [0.1, 0.15) is 11.1 Å². The Kier molecular flexibility index (Phi) is 7.09. The second-order valence-electron chi connectivity index (χ2n) is 7.41. The van der Waals surface area contributed by atoms with Crippen molar-refractivity contribution in [3.63, 3.8) is 0 Å². The second kappa shape index (κ2) is 9.64.